The maximum atomic E-state index is 14.5. The number of benzene rings is 2. The van der Waals surface area contributed by atoms with Crippen molar-refractivity contribution >= 4 is 11.7 Å². The number of carbonyl (C=O) groups excluding carboxylic acids is 2. The van der Waals surface area contributed by atoms with E-state index in [9.17, 15) is 27.9 Å². The van der Waals surface area contributed by atoms with Gasteiger partial charge < -0.3 is 26.0 Å². The monoisotopic (exact) mass is 559 g/mol. The summed E-state index contributed by atoms with van der Waals surface area (Å²) in [6, 6.07) is 13.7. The van der Waals surface area contributed by atoms with Gasteiger partial charge in [-0.2, -0.15) is 13.2 Å². The van der Waals surface area contributed by atoms with Crippen molar-refractivity contribution < 1.29 is 37.3 Å². The van der Waals surface area contributed by atoms with Crippen LogP contribution in [0.3, 0.4) is 0 Å². The molecule has 40 heavy (non-hydrogen) atoms. The number of nitrogens with two attached hydrogens (primary N) is 2. The third kappa shape index (κ3) is 6.97. The highest BCUT2D eigenvalue weighted by Crippen LogP contribution is 2.43. The minimum Gasteiger partial charge on any atom is -0.493 e. The lowest BCUT2D eigenvalue weighted by atomic mass is 9.86. The molecule has 1 amide bonds. The predicted molar refractivity (Wildman–Crippen MR) is 143 cm³/mol. The molecule has 11 heteroatoms. The molecule has 8 nitrogen and oxygen atoms in total. The number of aromatic nitrogens is 1. The number of ether oxygens (including phenoxy) is 2. The summed E-state index contributed by atoms with van der Waals surface area (Å²) < 4.78 is 53.8. The zero-order valence-corrected chi connectivity index (χ0v) is 22.6. The van der Waals surface area contributed by atoms with Crippen LogP contribution >= 0.6 is 0 Å². The van der Waals surface area contributed by atoms with E-state index in [0.717, 1.165) is 11.6 Å². The number of amides is 1. The van der Waals surface area contributed by atoms with Crippen molar-refractivity contribution in [3.8, 4) is 22.8 Å². The Morgan fingerprint density at radius 2 is 1.65 bits per heavy atom. The van der Waals surface area contributed by atoms with E-state index in [1.165, 1.54) is 25.3 Å². The van der Waals surface area contributed by atoms with Gasteiger partial charge >= 0.3 is 6.18 Å². The molecule has 3 rings (SSSR count). The number of Topliss-reactive ketones (excluding diaryl/α,β-unsaturated/α-hetero) is 1. The maximum absolute atomic E-state index is 14.5. The Labute approximate surface area is 230 Å². The number of halogens is 3. The molecule has 0 aliphatic carbocycles. The van der Waals surface area contributed by atoms with Gasteiger partial charge in [0.15, 0.2) is 23.9 Å². The fraction of sp³-hybridized carbons (Fsp3) is 0.345. The molecule has 0 unspecified atom stereocenters. The van der Waals surface area contributed by atoms with Crippen LogP contribution in [0, 0.1) is 6.92 Å². The zero-order valence-electron chi connectivity index (χ0n) is 22.6. The highest BCUT2D eigenvalue weighted by molar-refractivity contribution is 5.96. The quantitative estimate of drug-likeness (QED) is 0.293. The van der Waals surface area contributed by atoms with Crippen LogP contribution < -0.4 is 20.9 Å². The van der Waals surface area contributed by atoms with Gasteiger partial charge in [0.1, 0.15) is 0 Å². The first kappa shape index (κ1) is 30.6. The van der Waals surface area contributed by atoms with E-state index in [4.69, 9.17) is 20.9 Å². The average molecular weight is 560 g/mol. The number of hydrogen-bond donors (Lipinski definition) is 3. The second-order valence-corrected chi connectivity index (χ2v) is 10.1. The van der Waals surface area contributed by atoms with Crippen molar-refractivity contribution in [1.82, 2.24) is 4.98 Å². The van der Waals surface area contributed by atoms with Gasteiger partial charge in [0.05, 0.1) is 18.5 Å². The van der Waals surface area contributed by atoms with Crippen LogP contribution in [0.1, 0.15) is 53.9 Å². The van der Waals surface area contributed by atoms with E-state index in [1.54, 1.807) is 44.2 Å². The van der Waals surface area contributed by atoms with Crippen LogP contribution in [0.4, 0.5) is 13.2 Å². The van der Waals surface area contributed by atoms with Crippen LogP contribution in [-0.2, 0) is 15.9 Å². The van der Waals surface area contributed by atoms with Crippen LogP contribution in [0.25, 0.3) is 11.3 Å². The summed E-state index contributed by atoms with van der Waals surface area (Å²) in [5.41, 5.74) is 8.21. The Hall–Kier alpha value is -3.96. The first-order chi connectivity index (χ1) is 18.5. The second kappa shape index (κ2) is 11.6. The molecule has 0 bridgehead atoms. The highest BCUT2D eigenvalue weighted by atomic mass is 19.4. The van der Waals surface area contributed by atoms with Gasteiger partial charge in [0, 0.05) is 23.1 Å². The molecule has 214 valence electrons. The summed E-state index contributed by atoms with van der Waals surface area (Å²) in [7, 11) is 1.30. The van der Waals surface area contributed by atoms with Gasteiger partial charge in [-0.1, -0.05) is 29.8 Å². The fourth-order valence-corrected chi connectivity index (χ4v) is 3.95. The lowest BCUT2D eigenvalue weighted by Gasteiger charge is -2.32. The first-order valence-corrected chi connectivity index (χ1v) is 12.4. The average Bonchev–Trinajstić information content (AvgIpc) is 2.89. The molecule has 5 N–H and O–H groups in total. The van der Waals surface area contributed by atoms with E-state index in [-0.39, 0.29) is 22.8 Å². The number of hydrogen-bond acceptors (Lipinski definition) is 7. The fourth-order valence-electron chi connectivity index (χ4n) is 3.95. The molecular formula is C29H32F3N3O5. The van der Waals surface area contributed by atoms with Crippen LogP contribution in [0.15, 0.2) is 54.6 Å². The molecule has 0 saturated carbocycles. The topological polar surface area (TPSA) is 138 Å². The molecular weight excluding hydrogens is 527 g/mol. The van der Waals surface area contributed by atoms with Crippen molar-refractivity contribution in [1.29, 1.82) is 0 Å². The SMILES string of the molecule is COc1cc(C(=O)CC[C@@](O)(c2cc(C(C)(C)N)cc(-c3ccc(C)cc3)n2)C(F)(F)F)ccc1OCC(N)=O. The zero-order chi connectivity index (χ0) is 29.9. The van der Waals surface area contributed by atoms with Gasteiger partial charge in [-0.05, 0) is 63.1 Å². The predicted octanol–water partition coefficient (Wildman–Crippen LogP) is 4.54. The molecule has 0 fully saturated rings. The summed E-state index contributed by atoms with van der Waals surface area (Å²) >= 11 is 0. The largest absolute Gasteiger partial charge is 0.493 e. The molecule has 0 radical (unpaired) electrons. The molecule has 0 spiro atoms. The van der Waals surface area contributed by atoms with Crippen molar-refractivity contribution in [2.24, 2.45) is 11.5 Å². The first-order valence-electron chi connectivity index (χ1n) is 12.4. The van der Waals surface area contributed by atoms with Crippen molar-refractivity contribution in [3.05, 3.63) is 77.0 Å². The molecule has 0 aliphatic heterocycles. The minimum absolute atomic E-state index is 0.0259. The maximum Gasteiger partial charge on any atom is 0.422 e. The standard InChI is InChI=1S/C29H32F3N3O5/c1-17-5-7-18(8-6-17)21-14-20(27(2,3)34)15-25(35-21)28(38,29(30,31)32)12-11-22(36)19-9-10-23(24(13-19)39-4)40-16-26(33)37/h5-10,13-15,38H,11-12,16,34H2,1-4H3,(H2,33,37)/t28-/m1/s1. The van der Waals surface area contributed by atoms with Gasteiger partial charge in [-0.3, -0.25) is 9.59 Å². The van der Waals surface area contributed by atoms with E-state index in [1.807, 2.05) is 6.92 Å². The Kier molecular flexibility index (Phi) is 8.90. The number of nitrogens with zero attached hydrogens (tertiary/aromatic N) is 1. The highest BCUT2D eigenvalue weighted by Gasteiger charge is 2.56. The van der Waals surface area contributed by atoms with E-state index >= 15 is 0 Å². The number of pyridine rings is 1. The molecule has 1 heterocycles. The summed E-state index contributed by atoms with van der Waals surface area (Å²) in [5, 5.41) is 11.1. The van der Waals surface area contributed by atoms with Crippen LogP contribution in [0.2, 0.25) is 0 Å². The van der Waals surface area contributed by atoms with Gasteiger partial charge in [0.25, 0.3) is 5.91 Å². The van der Waals surface area contributed by atoms with Crippen molar-refractivity contribution in [2.75, 3.05) is 13.7 Å². The number of carbonyl (C=O) groups is 2. The minimum atomic E-state index is -5.16. The third-order valence-electron chi connectivity index (χ3n) is 6.38. The van der Waals surface area contributed by atoms with Crippen LogP contribution in [0.5, 0.6) is 11.5 Å². The number of rotatable bonds is 11. The van der Waals surface area contributed by atoms with Gasteiger partial charge in [0.2, 0.25) is 5.60 Å². The molecule has 0 saturated heterocycles. The number of aliphatic hydroxyl groups is 1. The van der Waals surface area contributed by atoms with Crippen LogP contribution in [-0.4, -0.2) is 41.7 Å². The molecule has 3 aromatic rings. The normalized spacial score (nSPS) is 13.4. The molecule has 1 aromatic heterocycles. The number of methoxy groups -OCH3 is 1. The lowest BCUT2D eigenvalue weighted by molar-refractivity contribution is -0.270. The van der Waals surface area contributed by atoms with Crippen molar-refractivity contribution in [3.63, 3.8) is 0 Å². The molecule has 2 aromatic carbocycles. The number of alkyl halides is 3. The van der Waals surface area contributed by atoms with E-state index in [0.29, 0.717) is 11.1 Å². The third-order valence-corrected chi connectivity index (χ3v) is 6.38. The summed E-state index contributed by atoms with van der Waals surface area (Å²) in [6.45, 7) is 4.70. The van der Waals surface area contributed by atoms with E-state index < -0.39 is 54.1 Å². The summed E-state index contributed by atoms with van der Waals surface area (Å²) in [6.07, 6.45) is -6.82. The molecule has 1 atom stereocenters. The Bertz CT molecular complexity index is 1390. The van der Waals surface area contributed by atoms with Gasteiger partial charge in [-0.25, -0.2) is 4.98 Å². The van der Waals surface area contributed by atoms with Gasteiger partial charge in [-0.15, -0.1) is 0 Å². The molecule has 0 aliphatic rings. The number of aryl methyl sites for hydroxylation is 1. The lowest BCUT2D eigenvalue weighted by Crippen LogP contribution is -2.44. The van der Waals surface area contributed by atoms with Crippen molar-refractivity contribution in [2.45, 2.75) is 50.9 Å². The Morgan fingerprint density at radius 1 is 1.00 bits per heavy atom. The number of primary amides is 1. The second-order valence-electron chi connectivity index (χ2n) is 10.1. The number of ketones is 1. The summed E-state index contributed by atoms with van der Waals surface area (Å²) in [5.74, 6) is -1.20. The van der Waals surface area contributed by atoms with E-state index in [2.05, 4.69) is 4.98 Å². The smallest absolute Gasteiger partial charge is 0.422 e. The summed E-state index contributed by atoms with van der Waals surface area (Å²) in [4.78, 5) is 28.1. The Balaban J connectivity index is 1.99. The Morgan fingerprint density at radius 3 is 2.20 bits per heavy atom.